The summed E-state index contributed by atoms with van der Waals surface area (Å²) in [5.74, 6) is -0.0588. The molecule has 0 radical (unpaired) electrons. The van der Waals surface area contributed by atoms with Crippen LogP contribution < -0.4 is 5.32 Å². The van der Waals surface area contributed by atoms with Gasteiger partial charge in [0.25, 0.3) is 5.91 Å². The number of anilines is 1. The van der Waals surface area contributed by atoms with Crippen molar-refractivity contribution >= 4 is 50.8 Å². The number of thiazole rings is 1. The second-order valence-electron chi connectivity index (χ2n) is 7.66. The molecule has 2 aliphatic rings. The molecule has 2 amide bonds. The zero-order valence-electron chi connectivity index (χ0n) is 16.2. The second-order valence-corrected chi connectivity index (χ2v) is 9.18. The van der Waals surface area contributed by atoms with Gasteiger partial charge in [0.05, 0.1) is 12.2 Å². The molecular weight excluding hydrogens is 424 g/mol. The molecule has 2 N–H and O–H groups in total. The van der Waals surface area contributed by atoms with E-state index in [1.165, 1.54) is 11.3 Å². The molecule has 1 aromatic carbocycles. The first-order valence-electron chi connectivity index (χ1n) is 10.0. The highest BCUT2D eigenvalue weighted by molar-refractivity contribution is 7.15. The monoisotopic (exact) mass is 444 g/mol. The lowest BCUT2D eigenvalue weighted by Gasteiger charge is -2.25. The molecule has 2 aliphatic heterocycles. The highest BCUT2D eigenvalue weighted by Gasteiger charge is 2.27. The van der Waals surface area contributed by atoms with Gasteiger partial charge >= 0.3 is 0 Å². The molecule has 2 aromatic heterocycles. The van der Waals surface area contributed by atoms with Crippen LogP contribution in [0, 0.1) is 5.92 Å². The summed E-state index contributed by atoms with van der Waals surface area (Å²) in [5.41, 5.74) is 2.36. The maximum Gasteiger partial charge on any atom is 0.270 e. The third kappa shape index (κ3) is 3.82. The number of carbonyl (C=O) groups excluding carboxylic acids is 2. The zero-order chi connectivity index (χ0) is 20.7. The molecule has 1 saturated heterocycles. The summed E-state index contributed by atoms with van der Waals surface area (Å²) in [5, 5.41) is 5.16. The van der Waals surface area contributed by atoms with Crippen LogP contribution in [-0.2, 0) is 22.5 Å². The van der Waals surface area contributed by atoms with Crippen LogP contribution in [0.4, 0.5) is 5.13 Å². The summed E-state index contributed by atoms with van der Waals surface area (Å²) < 4.78 is 5.32. The van der Waals surface area contributed by atoms with E-state index in [1.54, 1.807) is 0 Å². The van der Waals surface area contributed by atoms with Gasteiger partial charge in [-0.2, -0.15) is 0 Å². The number of nitrogens with zero attached hydrogens (tertiary/aromatic N) is 2. The third-order valence-corrected chi connectivity index (χ3v) is 6.89. The van der Waals surface area contributed by atoms with Crippen LogP contribution in [0.2, 0.25) is 5.02 Å². The van der Waals surface area contributed by atoms with Gasteiger partial charge in [0.2, 0.25) is 5.91 Å². The van der Waals surface area contributed by atoms with Crippen molar-refractivity contribution < 1.29 is 14.3 Å². The van der Waals surface area contributed by atoms with Gasteiger partial charge in [0.1, 0.15) is 5.69 Å². The summed E-state index contributed by atoms with van der Waals surface area (Å²) in [6.07, 6.45) is 2.17. The van der Waals surface area contributed by atoms with Crippen LogP contribution in [0.15, 0.2) is 24.3 Å². The molecule has 3 aromatic rings. The molecule has 5 rings (SSSR count). The fraction of sp³-hybridized carbons (Fsp3) is 0.381. The van der Waals surface area contributed by atoms with Gasteiger partial charge in [-0.3, -0.25) is 9.59 Å². The number of aromatic nitrogens is 2. The Labute approximate surface area is 182 Å². The number of hydrogen-bond donors (Lipinski definition) is 2. The van der Waals surface area contributed by atoms with E-state index in [0.29, 0.717) is 48.6 Å². The van der Waals surface area contributed by atoms with E-state index in [2.05, 4.69) is 15.3 Å². The average Bonchev–Trinajstić information content (AvgIpc) is 3.36. The molecule has 7 nitrogen and oxygen atoms in total. The van der Waals surface area contributed by atoms with Gasteiger partial charge < -0.3 is 19.9 Å². The molecule has 0 aliphatic carbocycles. The van der Waals surface area contributed by atoms with Crippen LogP contribution in [0.25, 0.3) is 10.9 Å². The van der Waals surface area contributed by atoms with Crippen molar-refractivity contribution in [1.29, 1.82) is 0 Å². The number of aromatic amines is 1. The molecule has 30 heavy (non-hydrogen) atoms. The Morgan fingerprint density at radius 1 is 1.27 bits per heavy atom. The molecule has 0 saturated carbocycles. The number of hydrogen-bond acceptors (Lipinski definition) is 5. The summed E-state index contributed by atoms with van der Waals surface area (Å²) in [4.78, 5) is 36.1. The smallest absolute Gasteiger partial charge is 0.270 e. The van der Waals surface area contributed by atoms with Gasteiger partial charge in [0, 0.05) is 52.9 Å². The molecule has 0 atom stereocenters. The largest absolute Gasteiger partial charge is 0.381 e. The van der Waals surface area contributed by atoms with Crippen LogP contribution >= 0.6 is 22.9 Å². The minimum absolute atomic E-state index is 0.00839. The summed E-state index contributed by atoms with van der Waals surface area (Å²) in [6.45, 7) is 2.35. The average molecular weight is 445 g/mol. The number of nitrogens with one attached hydrogen (secondary N) is 2. The van der Waals surface area contributed by atoms with Crippen molar-refractivity contribution in [1.82, 2.24) is 14.9 Å². The first-order valence-corrected chi connectivity index (χ1v) is 11.2. The predicted octanol–water partition coefficient (Wildman–Crippen LogP) is 3.84. The normalized spacial score (nSPS) is 17.2. The maximum absolute atomic E-state index is 13.0. The van der Waals surface area contributed by atoms with Gasteiger partial charge in [-0.1, -0.05) is 29.0 Å². The fourth-order valence-electron chi connectivity index (χ4n) is 3.97. The van der Waals surface area contributed by atoms with E-state index in [1.807, 2.05) is 29.2 Å². The Morgan fingerprint density at radius 3 is 2.93 bits per heavy atom. The maximum atomic E-state index is 13.0. The number of fused-ring (bicyclic) bond motifs is 2. The predicted molar refractivity (Wildman–Crippen MR) is 116 cm³/mol. The Morgan fingerprint density at radius 2 is 2.10 bits per heavy atom. The standard InChI is InChI=1S/C21H21ClN4O3S/c22-14-2-1-13-9-17(23-16(13)10-14)20(28)26-6-3-15-18(11-26)30-21(24-15)25-19(27)12-4-7-29-8-5-12/h1-2,9-10,12,23H,3-8,11H2,(H,24,25,27). The van der Waals surface area contributed by atoms with Gasteiger partial charge in [-0.25, -0.2) is 4.98 Å². The lowest BCUT2D eigenvalue weighted by Crippen LogP contribution is -2.35. The van der Waals surface area contributed by atoms with Crippen LogP contribution in [-0.4, -0.2) is 46.4 Å². The molecule has 9 heteroatoms. The summed E-state index contributed by atoms with van der Waals surface area (Å²) >= 11 is 7.50. The number of ether oxygens (including phenoxy) is 1. The Hall–Kier alpha value is -2.42. The highest BCUT2D eigenvalue weighted by atomic mass is 35.5. The van der Waals surface area contributed by atoms with Crippen LogP contribution in [0.5, 0.6) is 0 Å². The van der Waals surface area contributed by atoms with E-state index >= 15 is 0 Å². The molecular formula is C21H21ClN4O3S. The first-order chi connectivity index (χ1) is 14.6. The number of H-pyrrole nitrogens is 1. The molecule has 0 bridgehead atoms. The minimum Gasteiger partial charge on any atom is -0.381 e. The van der Waals surface area contributed by atoms with E-state index in [9.17, 15) is 9.59 Å². The van der Waals surface area contributed by atoms with E-state index in [4.69, 9.17) is 16.3 Å². The molecule has 0 unspecified atom stereocenters. The molecule has 1 fully saturated rings. The summed E-state index contributed by atoms with van der Waals surface area (Å²) in [7, 11) is 0. The zero-order valence-corrected chi connectivity index (χ0v) is 17.8. The SMILES string of the molecule is O=C(Nc1nc2c(s1)CN(C(=O)c1cc3ccc(Cl)cc3[nH]1)CC2)C1CCOCC1. The molecule has 0 spiro atoms. The first kappa shape index (κ1) is 19.5. The molecule has 4 heterocycles. The lowest BCUT2D eigenvalue weighted by atomic mass is 10.00. The van der Waals surface area contributed by atoms with Crippen molar-refractivity contribution in [3.8, 4) is 0 Å². The summed E-state index contributed by atoms with van der Waals surface area (Å²) in [6, 6.07) is 7.39. The van der Waals surface area contributed by atoms with E-state index in [0.717, 1.165) is 34.3 Å². The Balaban J connectivity index is 1.28. The van der Waals surface area contributed by atoms with Crippen molar-refractivity contribution in [3.63, 3.8) is 0 Å². The topological polar surface area (TPSA) is 87.3 Å². The van der Waals surface area contributed by atoms with Crippen molar-refractivity contribution in [3.05, 3.63) is 45.6 Å². The molecule has 156 valence electrons. The van der Waals surface area contributed by atoms with Gasteiger partial charge in [-0.15, -0.1) is 0 Å². The van der Waals surface area contributed by atoms with Crippen molar-refractivity contribution in [2.45, 2.75) is 25.8 Å². The van der Waals surface area contributed by atoms with Crippen LogP contribution in [0.3, 0.4) is 0 Å². The number of carbonyl (C=O) groups is 2. The van der Waals surface area contributed by atoms with E-state index < -0.39 is 0 Å². The van der Waals surface area contributed by atoms with Crippen molar-refractivity contribution in [2.24, 2.45) is 5.92 Å². The van der Waals surface area contributed by atoms with Crippen molar-refractivity contribution in [2.75, 3.05) is 25.1 Å². The Kier molecular flexibility index (Phi) is 5.22. The third-order valence-electron chi connectivity index (χ3n) is 5.66. The quantitative estimate of drug-likeness (QED) is 0.642. The number of halogens is 1. The fourth-order valence-corrected chi connectivity index (χ4v) is 5.17. The van der Waals surface area contributed by atoms with E-state index in [-0.39, 0.29) is 17.7 Å². The number of amides is 2. The van der Waals surface area contributed by atoms with Gasteiger partial charge in [-0.05, 0) is 31.0 Å². The van der Waals surface area contributed by atoms with Gasteiger partial charge in [0.15, 0.2) is 5.13 Å². The Bertz CT molecular complexity index is 1120. The number of rotatable bonds is 3. The minimum atomic E-state index is -0.0471. The second kappa shape index (κ2) is 8.02. The van der Waals surface area contributed by atoms with Crippen LogP contribution in [0.1, 0.15) is 33.9 Å². The highest BCUT2D eigenvalue weighted by Crippen LogP contribution is 2.30. The lowest BCUT2D eigenvalue weighted by molar-refractivity contribution is -0.122. The number of benzene rings is 1.